The number of hydrogen-bond acceptors (Lipinski definition) is 6. The zero-order valence-corrected chi connectivity index (χ0v) is 17.1. The third-order valence-electron chi connectivity index (χ3n) is 7.53. The highest BCUT2D eigenvalue weighted by atomic mass is 19.3. The minimum atomic E-state index is -2.86. The fourth-order valence-corrected chi connectivity index (χ4v) is 6.06. The molecule has 1 N–H and O–H groups in total. The molecular weight excluding hydrogens is 394 g/mol. The van der Waals surface area contributed by atoms with Gasteiger partial charge in [0.15, 0.2) is 11.6 Å². The summed E-state index contributed by atoms with van der Waals surface area (Å²) in [5.74, 6) is -3.69. The predicted molar refractivity (Wildman–Crippen MR) is 100 cm³/mol. The Balaban J connectivity index is 1.30. The van der Waals surface area contributed by atoms with Gasteiger partial charge < -0.3 is 15.0 Å². The lowest BCUT2D eigenvalue weighted by Gasteiger charge is -2.49. The number of likely N-dealkylation sites (tertiary alicyclic amines) is 1. The van der Waals surface area contributed by atoms with Crippen molar-refractivity contribution < 1.29 is 23.1 Å². The number of Topliss-reactive ketones (excluding diaryl/α,β-unsaturated/α-hetero) is 1. The van der Waals surface area contributed by atoms with Gasteiger partial charge in [-0.05, 0) is 18.3 Å². The van der Waals surface area contributed by atoms with Crippen molar-refractivity contribution in [3.8, 4) is 0 Å². The molecule has 4 heterocycles. The van der Waals surface area contributed by atoms with Crippen molar-refractivity contribution in [2.24, 2.45) is 27.0 Å². The second-order valence-electron chi connectivity index (χ2n) is 10.6. The molecule has 1 amide bonds. The fourth-order valence-electron chi connectivity index (χ4n) is 6.06. The summed E-state index contributed by atoms with van der Waals surface area (Å²) in [6.07, 6.45) is 1.42. The van der Waals surface area contributed by atoms with Crippen LogP contribution in [-0.2, 0) is 14.3 Å². The number of rotatable bonds is 1. The number of fused-ring (bicyclic) bond motifs is 2. The summed E-state index contributed by atoms with van der Waals surface area (Å²) in [4.78, 5) is 27.1. The Morgan fingerprint density at radius 3 is 2.70 bits per heavy atom. The van der Waals surface area contributed by atoms with Gasteiger partial charge >= 0.3 is 0 Å². The SMILES string of the molecule is CC1(C)CC(=O)C2=C(C1)NC1=C(CN=N1)[C@@]21COC2(CN(C(=O)[C@@H]3CC3(F)F)C2)C1. The van der Waals surface area contributed by atoms with Crippen LogP contribution in [0.25, 0.3) is 0 Å². The van der Waals surface area contributed by atoms with Gasteiger partial charge in [0.1, 0.15) is 11.5 Å². The van der Waals surface area contributed by atoms with Gasteiger partial charge in [-0.1, -0.05) is 13.8 Å². The lowest BCUT2D eigenvalue weighted by Crippen LogP contribution is -2.64. The molecule has 0 bridgehead atoms. The molecule has 160 valence electrons. The molecule has 3 fully saturated rings. The van der Waals surface area contributed by atoms with E-state index in [-0.39, 0.29) is 17.6 Å². The number of hydrogen-bond donors (Lipinski definition) is 1. The number of ether oxygens (including phenoxy) is 1. The van der Waals surface area contributed by atoms with Crippen LogP contribution in [0.5, 0.6) is 0 Å². The van der Waals surface area contributed by atoms with Crippen LogP contribution in [0.4, 0.5) is 8.78 Å². The summed E-state index contributed by atoms with van der Waals surface area (Å²) >= 11 is 0. The van der Waals surface area contributed by atoms with E-state index in [1.165, 1.54) is 4.90 Å². The first-order valence-corrected chi connectivity index (χ1v) is 10.5. The maximum atomic E-state index is 13.3. The highest BCUT2D eigenvalue weighted by Crippen LogP contribution is 2.59. The van der Waals surface area contributed by atoms with E-state index < -0.39 is 28.8 Å². The molecule has 7 nitrogen and oxygen atoms in total. The normalized spacial score (nSPS) is 36.7. The molecule has 0 unspecified atom stereocenters. The molecule has 1 saturated carbocycles. The van der Waals surface area contributed by atoms with E-state index in [0.717, 1.165) is 23.3 Å². The Kier molecular flexibility index (Phi) is 3.32. The third-order valence-corrected chi connectivity index (χ3v) is 7.53. The number of azo groups is 1. The summed E-state index contributed by atoms with van der Waals surface area (Å²) < 4.78 is 32.9. The van der Waals surface area contributed by atoms with Crippen molar-refractivity contribution in [3.63, 3.8) is 0 Å². The quantitative estimate of drug-likeness (QED) is 0.710. The van der Waals surface area contributed by atoms with Crippen LogP contribution < -0.4 is 5.32 Å². The molecule has 2 spiro atoms. The predicted octanol–water partition coefficient (Wildman–Crippen LogP) is 2.55. The second kappa shape index (κ2) is 5.36. The number of nitrogens with one attached hydrogen (secondary N) is 1. The van der Waals surface area contributed by atoms with Gasteiger partial charge in [0.2, 0.25) is 5.91 Å². The summed E-state index contributed by atoms with van der Waals surface area (Å²) in [6, 6.07) is 0. The summed E-state index contributed by atoms with van der Waals surface area (Å²) in [5.41, 5.74) is 1.34. The van der Waals surface area contributed by atoms with Gasteiger partial charge in [-0.25, -0.2) is 8.78 Å². The van der Waals surface area contributed by atoms with Crippen molar-refractivity contribution in [2.75, 3.05) is 26.2 Å². The highest BCUT2D eigenvalue weighted by Gasteiger charge is 2.67. The van der Waals surface area contributed by atoms with E-state index in [1.54, 1.807) is 0 Å². The topological polar surface area (TPSA) is 83.4 Å². The van der Waals surface area contributed by atoms with E-state index in [9.17, 15) is 18.4 Å². The number of amides is 1. The first kappa shape index (κ1) is 18.6. The Hall–Kier alpha value is -2.16. The number of carbonyl (C=O) groups excluding carboxylic acids is 2. The van der Waals surface area contributed by atoms with Crippen molar-refractivity contribution >= 4 is 11.7 Å². The van der Waals surface area contributed by atoms with E-state index in [1.807, 2.05) is 0 Å². The maximum absolute atomic E-state index is 13.3. The number of allylic oxidation sites excluding steroid dienone is 1. The zero-order chi connectivity index (χ0) is 21.1. The Morgan fingerprint density at radius 1 is 1.27 bits per heavy atom. The number of dihydropyridines is 1. The molecule has 9 heteroatoms. The van der Waals surface area contributed by atoms with Crippen molar-refractivity contribution in [2.45, 2.75) is 51.1 Å². The van der Waals surface area contributed by atoms with E-state index >= 15 is 0 Å². The number of alkyl halides is 2. The number of ketones is 1. The van der Waals surface area contributed by atoms with Crippen LogP contribution >= 0.6 is 0 Å². The van der Waals surface area contributed by atoms with E-state index in [0.29, 0.717) is 44.9 Å². The first-order chi connectivity index (χ1) is 14.0. The van der Waals surface area contributed by atoms with Crippen molar-refractivity contribution in [3.05, 3.63) is 22.7 Å². The van der Waals surface area contributed by atoms with Gasteiger partial charge in [-0.15, -0.1) is 5.11 Å². The maximum Gasteiger partial charge on any atom is 0.260 e. The molecule has 2 aliphatic carbocycles. The Morgan fingerprint density at radius 2 is 2.00 bits per heavy atom. The average Bonchev–Trinajstić information content (AvgIpc) is 2.98. The molecule has 4 aliphatic heterocycles. The summed E-state index contributed by atoms with van der Waals surface area (Å²) in [7, 11) is 0. The Bertz CT molecular complexity index is 992. The molecule has 30 heavy (non-hydrogen) atoms. The number of nitrogens with zero attached hydrogens (tertiary/aromatic N) is 3. The van der Waals surface area contributed by atoms with Crippen LogP contribution in [0, 0.1) is 16.7 Å². The van der Waals surface area contributed by atoms with Gasteiger partial charge in [-0.2, -0.15) is 5.11 Å². The summed E-state index contributed by atoms with van der Waals surface area (Å²) in [6.45, 7) is 5.52. The lowest BCUT2D eigenvalue weighted by atomic mass is 9.61. The van der Waals surface area contributed by atoms with Gasteiger partial charge in [0.05, 0.1) is 31.7 Å². The standard InChI is InChI=1S/C21H24F2N4O3/c1-18(2)4-13-15(14(28)5-18)20(12-6-24-26-16(12)25-13)7-19(30-10-20)8-27(9-19)17(29)11-3-21(11,22)23/h11,25H,3-10H2,1-2H3/t11-,20+/m0/s1. The number of carbonyl (C=O) groups is 2. The van der Waals surface area contributed by atoms with Crippen LogP contribution in [-0.4, -0.2) is 54.4 Å². The monoisotopic (exact) mass is 418 g/mol. The van der Waals surface area contributed by atoms with Crippen LogP contribution in [0.15, 0.2) is 32.9 Å². The molecule has 0 aromatic carbocycles. The summed E-state index contributed by atoms with van der Waals surface area (Å²) in [5, 5.41) is 11.8. The lowest BCUT2D eigenvalue weighted by molar-refractivity contribution is -0.161. The Labute approximate surface area is 172 Å². The largest absolute Gasteiger partial charge is 0.370 e. The van der Waals surface area contributed by atoms with E-state index in [2.05, 4.69) is 29.4 Å². The molecule has 0 aromatic heterocycles. The molecule has 2 atom stereocenters. The molecule has 0 aromatic rings. The molecular formula is C21H24F2N4O3. The number of halogens is 2. The second-order valence-corrected chi connectivity index (χ2v) is 10.6. The molecule has 6 rings (SSSR count). The fraction of sp³-hybridized carbons (Fsp3) is 0.714. The van der Waals surface area contributed by atoms with Crippen molar-refractivity contribution in [1.29, 1.82) is 0 Å². The van der Waals surface area contributed by atoms with Gasteiger partial charge in [0.25, 0.3) is 5.92 Å². The average molecular weight is 418 g/mol. The highest BCUT2D eigenvalue weighted by molar-refractivity contribution is 6.00. The van der Waals surface area contributed by atoms with Gasteiger partial charge in [0, 0.05) is 29.7 Å². The van der Waals surface area contributed by atoms with E-state index in [4.69, 9.17) is 4.74 Å². The smallest absolute Gasteiger partial charge is 0.260 e. The van der Waals surface area contributed by atoms with Crippen LogP contribution in [0.1, 0.15) is 39.5 Å². The minimum Gasteiger partial charge on any atom is -0.370 e. The van der Waals surface area contributed by atoms with Crippen LogP contribution in [0.3, 0.4) is 0 Å². The minimum absolute atomic E-state index is 0.123. The molecule has 6 aliphatic rings. The van der Waals surface area contributed by atoms with Crippen molar-refractivity contribution in [1.82, 2.24) is 10.2 Å². The third kappa shape index (κ3) is 2.38. The first-order valence-electron chi connectivity index (χ1n) is 10.5. The van der Waals surface area contributed by atoms with Gasteiger partial charge in [-0.3, -0.25) is 9.59 Å². The molecule has 2 saturated heterocycles. The van der Waals surface area contributed by atoms with Crippen LogP contribution in [0.2, 0.25) is 0 Å². The zero-order valence-electron chi connectivity index (χ0n) is 17.1. The molecule has 0 radical (unpaired) electrons.